The number of furan rings is 1. The highest BCUT2D eigenvalue weighted by Crippen LogP contribution is 2.48. The average Bonchev–Trinajstić information content (AvgIpc) is 3.31. The summed E-state index contributed by atoms with van der Waals surface area (Å²) in [6.45, 7) is 0.606. The van der Waals surface area contributed by atoms with Gasteiger partial charge in [0.15, 0.2) is 0 Å². The number of aromatic nitrogens is 1. The van der Waals surface area contributed by atoms with Crippen LogP contribution in [0.5, 0.6) is 0 Å². The number of piperidine rings is 1. The van der Waals surface area contributed by atoms with Gasteiger partial charge in [0, 0.05) is 36.1 Å². The normalized spacial score (nSPS) is 25.6. The fourth-order valence-electron chi connectivity index (χ4n) is 4.43. The van der Waals surface area contributed by atoms with Gasteiger partial charge in [0.1, 0.15) is 0 Å². The summed E-state index contributed by atoms with van der Waals surface area (Å²) in [5.74, 6) is -0.896. The molecule has 0 radical (unpaired) electrons. The lowest BCUT2D eigenvalue weighted by atomic mass is 9.75. The van der Waals surface area contributed by atoms with E-state index >= 15 is 0 Å². The van der Waals surface area contributed by atoms with Crippen LogP contribution in [0.2, 0.25) is 0 Å². The zero-order valence-electron chi connectivity index (χ0n) is 13.9. The molecule has 6 nitrogen and oxygen atoms in total. The lowest BCUT2D eigenvalue weighted by Gasteiger charge is -2.43. The third-order valence-corrected chi connectivity index (χ3v) is 5.66. The van der Waals surface area contributed by atoms with Gasteiger partial charge in [-0.25, -0.2) is 0 Å². The van der Waals surface area contributed by atoms with E-state index in [9.17, 15) is 14.7 Å². The second-order valence-corrected chi connectivity index (χ2v) is 6.95. The highest BCUT2D eigenvalue weighted by molar-refractivity contribution is 5.96. The van der Waals surface area contributed by atoms with Crippen LogP contribution >= 0.6 is 0 Å². The topological polar surface area (TPSA) is 83.6 Å². The van der Waals surface area contributed by atoms with Crippen molar-refractivity contribution in [2.45, 2.75) is 38.1 Å². The van der Waals surface area contributed by atoms with Gasteiger partial charge in [0.2, 0.25) is 0 Å². The summed E-state index contributed by atoms with van der Waals surface area (Å²) in [6, 6.07) is 3.40. The van der Waals surface area contributed by atoms with E-state index in [0.717, 1.165) is 30.4 Å². The monoisotopic (exact) mass is 340 g/mol. The molecule has 1 saturated carbocycles. The van der Waals surface area contributed by atoms with Gasteiger partial charge in [-0.3, -0.25) is 14.6 Å². The van der Waals surface area contributed by atoms with Crippen LogP contribution in [0.4, 0.5) is 0 Å². The summed E-state index contributed by atoms with van der Waals surface area (Å²) >= 11 is 0. The maximum atomic E-state index is 13.1. The van der Waals surface area contributed by atoms with Crippen molar-refractivity contribution in [1.82, 2.24) is 9.88 Å². The van der Waals surface area contributed by atoms with Crippen LogP contribution in [-0.2, 0) is 4.79 Å². The summed E-state index contributed by atoms with van der Waals surface area (Å²) < 4.78 is 5.09. The molecule has 6 heteroatoms. The Hall–Kier alpha value is -2.63. The number of likely N-dealkylation sites (tertiary alicyclic amines) is 1. The molecule has 130 valence electrons. The zero-order valence-corrected chi connectivity index (χ0v) is 13.9. The quantitative estimate of drug-likeness (QED) is 0.927. The SMILES string of the molecule is O=C(c1cncc(-c2ccoc2)c1)N1CCC[C@@]2(C(=O)O)CCC[C@@H]12. The Morgan fingerprint density at radius 2 is 2.08 bits per heavy atom. The Bertz CT molecular complexity index is 802. The predicted octanol–water partition coefficient (Wildman–Crippen LogP) is 3.20. The summed E-state index contributed by atoms with van der Waals surface area (Å²) in [5, 5.41) is 9.78. The van der Waals surface area contributed by atoms with E-state index in [0.29, 0.717) is 24.9 Å². The van der Waals surface area contributed by atoms with Crippen LogP contribution in [0.25, 0.3) is 11.1 Å². The highest BCUT2D eigenvalue weighted by Gasteiger charge is 2.54. The largest absolute Gasteiger partial charge is 0.481 e. The average molecular weight is 340 g/mol. The Kier molecular flexibility index (Phi) is 3.82. The Balaban J connectivity index is 1.65. The van der Waals surface area contributed by atoms with Crippen molar-refractivity contribution in [2.24, 2.45) is 5.41 Å². The van der Waals surface area contributed by atoms with E-state index < -0.39 is 11.4 Å². The molecule has 2 atom stereocenters. The molecule has 1 aliphatic carbocycles. The van der Waals surface area contributed by atoms with Crippen LogP contribution in [0.1, 0.15) is 42.5 Å². The van der Waals surface area contributed by atoms with Gasteiger partial charge in [-0.1, -0.05) is 6.42 Å². The summed E-state index contributed by atoms with van der Waals surface area (Å²) in [7, 11) is 0. The minimum Gasteiger partial charge on any atom is -0.481 e. The maximum absolute atomic E-state index is 13.1. The summed E-state index contributed by atoms with van der Waals surface area (Å²) in [4.78, 5) is 31.0. The minimum absolute atomic E-state index is 0.130. The molecule has 1 saturated heterocycles. The first-order valence-corrected chi connectivity index (χ1v) is 8.64. The molecule has 2 aliphatic rings. The summed E-state index contributed by atoms with van der Waals surface area (Å²) in [5.41, 5.74) is 1.39. The van der Waals surface area contributed by atoms with E-state index in [1.165, 1.54) is 0 Å². The lowest BCUT2D eigenvalue weighted by molar-refractivity contribution is -0.154. The van der Waals surface area contributed by atoms with Crippen LogP contribution in [0, 0.1) is 5.41 Å². The number of fused-ring (bicyclic) bond motifs is 1. The number of carboxylic acid groups (broad SMARTS) is 1. The van der Waals surface area contributed by atoms with Crippen LogP contribution in [0.15, 0.2) is 41.5 Å². The van der Waals surface area contributed by atoms with Crippen molar-refractivity contribution in [3.63, 3.8) is 0 Å². The molecule has 0 bridgehead atoms. The van der Waals surface area contributed by atoms with Gasteiger partial charge in [-0.15, -0.1) is 0 Å². The fourth-order valence-corrected chi connectivity index (χ4v) is 4.43. The van der Waals surface area contributed by atoms with Crippen molar-refractivity contribution in [1.29, 1.82) is 0 Å². The van der Waals surface area contributed by atoms with Crippen molar-refractivity contribution < 1.29 is 19.1 Å². The van der Waals surface area contributed by atoms with Crippen LogP contribution in [-0.4, -0.2) is 39.5 Å². The second-order valence-electron chi connectivity index (χ2n) is 6.95. The molecule has 1 N–H and O–H groups in total. The van der Waals surface area contributed by atoms with Gasteiger partial charge in [-0.2, -0.15) is 0 Å². The first kappa shape index (κ1) is 15.9. The molecular formula is C19H20N2O4. The predicted molar refractivity (Wildman–Crippen MR) is 89.9 cm³/mol. The van der Waals surface area contributed by atoms with Crippen molar-refractivity contribution in [3.05, 3.63) is 42.6 Å². The zero-order chi connectivity index (χ0) is 17.4. The Labute approximate surface area is 145 Å². The number of hydrogen-bond acceptors (Lipinski definition) is 4. The molecule has 4 rings (SSSR count). The second kappa shape index (κ2) is 6.02. The van der Waals surface area contributed by atoms with Gasteiger partial charge < -0.3 is 14.4 Å². The smallest absolute Gasteiger partial charge is 0.311 e. The molecule has 0 unspecified atom stereocenters. The summed E-state index contributed by atoms with van der Waals surface area (Å²) in [6.07, 6.45) is 10.1. The van der Waals surface area contributed by atoms with Gasteiger partial charge in [0.25, 0.3) is 5.91 Å². The standard InChI is InChI=1S/C19H20N2O4/c22-17(15-9-14(10-20-11-15)13-4-8-25-12-13)21-7-2-6-19(18(23)24)5-1-3-16(19)21/h4,8-12,16H,1-3,5-7H2,(H,23,24)/t16-,19+/m1/s1. The first-order valence-electron chi connectivity index (χ1n) is 8.64. The number of amides is 1. The van der Waals surface area contributed by atoms with E-state index in [1.54, 1.807) is 35.9 Å². The number of nitrogens with zero attached hydrogens (tertiary/aromatic N) is 2. The van der Waals surface area contributed by atoms with E-state index in [1.807, 2.05) is 6.07 Å². The van der Waals surface area contributed by atoms with Gasteiger partial charge in [0.05, 0.1) is 23.5 Å². The molecular weight excluding hydrogens is 320 g/mol. The van der Waals surface area contributed by atoms with Gasteiger partial charge in [-0.05, 0) is 37.8 Å². The number of hydrogen-bond donors (Lipinski definition) is 1. The maximum Gasteiger partial charge on any atom is 0.311 e. The molecule has 0 aromatic carbocycles. The molecule has 2 aromatic rings. The number of aliphatic carboxylic acids is 1. The molecule has 3 heterocycles. The van der Waals surface area contributed by atoms with E-state index in [2.05, 4.69) is 4.98 Å². The lowest BCUT2D eigenvalue weighted by Crippen LogP contribution is -2.55. The third kappa shape index (κ3) is 2.52. The Morgan fingerprint density at radius 3 is 2.84 bits per heavy atom. The number of carbonyl (C=O) groups excluding carboxylic acids is 1. The molecule has 2 fully saturated rings. The molecule has 1 amide bonds. The van der Waals surface area contributed by atoms with E-state index in [4.69, 9.17) is 4.42 Å². The van der Waals surface area contributed by atoms with Gasteiger partial charge >= 0.3 is 5.97 Å². The van der Waals surface area contributed by atoms with E-state index in [-0.39, 0.29) is 11.9 Å². The highest BCUT2D eigenvalue weighted by atomic mass is 16.4. The third-order valence-electron chi connectivity index (χ3n) is 5.66. The number of carboxylic acids is 1. The number of pyridine rings is 1. The molecule has 1 aliphatic heterocycles. The van der Waals surface area contributed by atoms with Crippen LogP contribution < -0.4 is 0 Å². The number of rotatable bonds is 3. The first-order chi connectivity index (χ1) is 12.1. The van der Waals surface area contributed by atoms with Crippen molar-refractivity contribution >= 4 is 11.9 Å². The number of carbonyl (C=O) groups is 2. The van der Waals surface area contributed by atoms with Crippen molar-refractivity contribution in [2.75, 3.05) is 6.54 Å². The minimum atomic E-state index is -0.774. The Morgan fingerprint density at radius 1 is 1.24 bits per heavy atom. The fraction of sp³-hybridized carbons (Fsp3) is 0.421. The molecule has 0 spiro atoms. The molecule has 2 aromatic heterocycles. The van der Waals surface area contributed by atoms with Crippen molar-refractivity contribution in [3.8, 4) is 11.1 Å². The van der Waals surface area contributed by atoms with Crippen LogP contribution in [0.3, 0.4) is 0 Å². The molecule has 25 heavy (non-hydrogen) atoms.